The predicted molar refractivity (Wildman–Crippen MR) is 47.0 cm³/mol. The zero-order chi connectivity index (χ0) is 9.85. The van der Waals surface area contributed by atoms with Crippen LogP contribution in [-0.2, 0) is 4.79 Å². The summed E-state index contributed by atoms with van der Waals surface area (Å²) in [6.07, 6.45) is 1.98. The summed E-state index contributed by atoms with van der Waals surface area (Å²) in [5.74, 6) is -0.142. The fourth-order valence-electron chi connectivity index (χ4n) is 2.61. The van der Waals surface area contributed by atoms with Crippen LogP contribution in [-0.4, -0.2) is 28.2 Å². The molecule has 2 N–H and O–H groups in total. The summed E-state index contributed by atoms with van der Waals surface area (Å²) < 4.78 is 0. The van der Waals surface area contributed by atoms with E-state index < -0.39 is 11.0 Å². The van der Waals surface area contributed by atoms with Gasteiger partial charge in [0.25, 0.3) is 0 Å². The van der Waals surface area contributed by atoms with Gasteiger partial charge in [0.1, 0.15) is 0 Å². The number of allylic oxidation sites excluding steroid dienone is 1. The fourth-order valence-corrected chi connectivity index (χ4v) is 2.61. The third-order valence-electron chi connectivity index (χ3n) is 3.90. The van der Waals surface area contributed by atoms with Crippen molar-refractivity contribution in [2.45, 2.75) is 25.9 Å². The van der Waals surface area contributed by atoms with Crippen LogP contribution in [0.1, 0.15) is 20.3 Å². The van der Waals surface area contributed by atoms with E-state index >= 15 is 0 Å². The Bertz CT molecular complexity index is 307. The van der Waals surface area contributed by atoms with E-state index in [1.54, 1.807) is 13.8 Å². The Hall–Kier alpha value is -0.670. The minimum atomic E-state index is -0.944. The maximum Gasteiger partial charge on any atom is 0.159 e. The van der Waals surface area contributed by atoms with E-state index in [0.717, 1.165) is 0 Å². The van der Waals surface area contributed by atoms with E-state index in [1.165, 1.54) is 6.08 Å². The second-order valence-corrected chi connectivity index (χ2v) is 4.42. The van der Waals surface area contributed by atoms with Gasteiger partial charge in [-0.05, 0) is 25.0 Å². The normalized spacial score (nSPS) is 48.5. The van der Waals surface area contributed by atoms with Crippen molar-refractivity contribution < 1.29 is 15.0 Å². The number of hydrogen-bond donors (Lipinski definition) is 2. The minimum absolute atomic E-state index is 0.0463. The Kier molecular flexibility index (Phi) is 1.52. The van der Waals surface area contributed by atoms with Gasteiger partial charge in [0, 0.05) is 11.3 Å². The molecular formula is C10H14O3. The van der Waals surface area contributed by atoms with Gasteiger partial charge in [0.15, 0.2) is 5.78 Å². The second-order valence-electron chi connectivity index (χ2n) is 4.42. The summed E-state index contributed by atoms with van der Waals surface area (Å²) in [5, 5.41) is 19.4. The first-order valence-electron chi connectivity index (χ1n) is 4.51. The third kappa shape index (κ3) is 0.747. The molecule has 13 heavy (non-hydrogen) atoms. The summed E-state index contributed by atoms with van der Waals surface area (Å²) in [6.45, 7) is 3.39. The van der Waals surface area contributed by atoms with Gasteiger partial charge in [0.2, 0.25) is 0 Å². The van der Waals surface area contributed by atoms with Crippen LogP contribution in [0.25, 0.3) is 0 Å². The number of fused-ring (bicyclic) bond motifs is 1. The molecule has 3 rings (SSSR count). The molecule has 0 aliphatic heterocycles. The van der Waals surface area contributed by atoms with E-state index in [2.05, 4.69) is 0 Å². The molecule has 3 heteroatoms. The van der Waals surface area contributed by atoms with Crippen LogP contribution >= 0.6 is 0 Å². The summed E-state index contributed by atoms with van der Waals surface area (Å²) in [6, 6.07) is 0. The van der Waals surface area contributed by atoms with Crippen molar-refractivity contribution >= 4 is 5.78 Å². The molecule has 0 spiro atoms. The van der Waals surface area contributed by atoms with E-state index in [0.29, 0.717) is 12.0 Å². The Morgan fingerprint density at radius 1 is 1.69 bits per heavy atom. The third-order valence-corrected chi connectivity index (χ3v) is 3.90. The van der Waals surface area contributed by atoms with Gasteiger partial charge in [-0.2, -0.15) is 0 Å². The van der Waals surface area contributed by atoms with Crippen molar-refractivity contribution in [2.24, 2.45) is 11.3 Å². The lowest BCUT2D eigenvalue weighted by atomic mass is 9.45. The van der Waals surface area contributed by atoms with E-state index in [9.17, 15) is 15.0 Å². The topological polar surface area (TPSA) is 57.5 Å². The van der Waals surface area contributed by atoms with Crippen LogP contribution in [0, 0.1) is 11.3 Å². The summed E-state index contributed by atoms with van der Waals surface area (Å²) in [5.41, 5.74) is -0.903. The van der Waals surface area contributed by atoms with E-state index in [-0.39, 0.29) is 18.3 Å². The zero-order valence-corrected chi connectivity index (χ0v) is 7.87. The highest BCUT2D eigenvalue weighted by Crippen LogP contribution is 2.60. The Labute approximate surface area is 77.1 Å². The Balaban J connectivity index is 2.49. The van der Waals surface area contributed by atoms with Gasteiger partial charge in [-0.3, -0.25) is 4.79 Å². The molecule has 0 radical (unpaired) electrons. The lowest BCUT2D eigenvalue weighted by Crippen LogP contribution is -2.68. The molecule has 0 aromatic rings. The number of rotatable bonds is 1. The Morgan fingerprint density at radius 2 is 2.31 bits per heavy atom. The first-order chi connectivity index (χ1) is 5.95. The molecule has 1 saturated carbocycles. The molecule has 3 nitrogen and oxygen atoms in total. The number of aliphatic hydroxyl groups excluding tert-OH is 1. The Morgan fingerprint density at radius 3 is 2.77 bits per heavy atom. The van der Waals surface area contributed by atoms with Crippen molar-refractivity contribution in [1.29, 1.82) is 0 Å². The quantitative estimate of drug-likeness (QED) is 0.611. The van der Waals surface area contributed by atoms with E-state index in [1.807, 2.05) is 0 Å². The number of carbonyl (C=O) groups excluding carboxylic acids is 1. The SMILES string of the molecule is CC1=CC(=O)C2C[C@]1(O)C2(C)CO. The second kappa shape index (κ2) is 2.22. The highest BCUT2D eigenvalue weighted by molar-refractivity contribution is 5.97. The molecule has 2 unspecified atom stereocenters. The van der Waals surface area contributed by atoms with Crippen LogP contribution in [0.2, 0.25) is 0 Å². The molecule has 0 amide bonds. The van der Waals surface area contributed by atoms with Crippen LogP contribution in [0.5, 0.6) is 0 Å². The molecule has 3 atom stereocenters. The van der Waals surface area contributed by atoms with Crippen LogP contribution in [0.4, 0.5) is 0 Å². The molecular weight excluding hydrogens is 168 g/mol. The van der Waals surface area contributed by atoms with Gasteiger partial charge in [-0.15, -0.1) is 0 Å². The monoisotopic (exact) mass is 182 g/mol. The highest BCUT2D eigenvalue weighted by Gasteiger charge is 2.66. The average molecular weight is 182 g/mol. The molecule has 3 aliphatic rings. The maximum absolute atomic E-state index is 11.5. The van der Waals surface area contributed by atoms with Crippen molar-refractivity contribution in [1.82, 2.24) is 0 Å². The number of ketones is 1. The summed E-state index contributed by atoms with van der Waals surface area (Å²) in [7, 11) is 0. The van der Waals surface area contributed by atoms with Gasteiger partial charge < -0.3 is 10.2 Å². The molecule has 0 heterocycles. The van der Waals surface area contributed by atoms with E-state index in [4.69, 9.17) is 0 Å². The van der Waals surface area contributed by atoms with Crippen molar-refractivity contribution in [3.8, 4) is 0 Å². The smallest absolute Gasteiger partial charge is 0.159 e. The minimum Gasteiger partial charge on any atom is -0.396 e. The van der Waals surface area contributed by atoms with Crippen molar-refractivity contribution in [3.05, 3.63) is 11.6 Å². The molecule has 72 valence electrons. The number of hydrogen-bond acceptors (Lipinski definition) is 3. The number of carbonyl (C=O) groups is 1. The maximum atomic E-state index is 11.5. The largest absolute Gasteiger partial charge is 0.396 e. The first kappa shape index (κ1) is 8.91. The lowest BCUT2D eigenvalue weighted by Gasteiger charge is -2.61. The van der Waals surface area contributed by atoms with Crippen molar-refractivity contribution in [2.75, 3.05) is 6.61 Å². The van der Waals surface area contributed by atoms with Gasteiger partial charge in [-0.1, -0.05) is 6.92 Å². The first-order valence-corrected chi connectivity index (χ1v) is 4.51. The molecule has 0 aromatic heterocycles. The van der Waals surface area contributed by atoms with Crippen molar-refractivity contribution in [3.63, 3.8) is 0 Å². The number of aliphatic hydroxyl groups is 2. The summed E-state index contributed by atoms with van der Waals surface area (Å²) in [4.78, 5) is 11.5. The fraction of sp³-hybridized carbons (Fsp3) is 0.700. The van der Waals surface area contributed by atoms with Crippen LogP contribution < -0.4 is 0 Å². The molecule has 0 aromatic carbocycles. The van der Waals surface area contributed by atoms with Crippen LogP contribution in [0.15, 0.2) is 11.6 Å². The molecule has 2 bridgehead atoms. The average Bonchev–Trinajstić information content (AvgIpc) is 2.09. The molecule has 1 fully saturated rings. The molecule has 0 saturated heterocycles. The van der Waals surface area contributed by atoms with Gasteiger partial charge in [-0.25, -0.2) is 0 Å². The lowest BCUT2D eigenvalue weighted by molar-refractivity contribution is -0.203. The standard InChI is InChI=1S/C10H14O3/c1-6-3-8(12)7-4-10(6,13)9(7,2)5-11/h3,7,11,13H,4-5H2,1-2H3/t7?,9?,10-/m1/s1. The molecule has 3 aliphatic carbocycles. The van der Waals surface area contributed by atoms with Crippen LogP contribution in [0.3, 0.4) is 0 Å². The zero-order valence-electron chi connectivity index (χ0n) is 7.87. The predicted octanol–water partition coefficient (Wildman–Crippen LogP) is 0.265. The highest BCUT2D eigenvalue weighted by atomic mass is 16.3. The summed E-state index contributed by atoms with van der Waals surface area (Å²) >= 11 is 0. The van der Waals surface area contributed by atoms with Gasteiger partial charge in [0.05, 0.1) is 12.2 Å². The van der Waals surface area contributed by atoms with Gasteiger partial charge >= 0.3 is 0 Å².